The average Bonchev–Trinajstić information content (AvgIpc) is 3.55. The number of amides is 1. The Bertz CT molecular complexity index is 1490. The summed E-state index contributed by atoms with van der Waals surface area (Å²) in [5.41, 5.74) is 3.29. The van der Waals surface area contributed by atoms with Crippen LogP contribution in [0.3, 0.4) is 0 Å². The topological polar surface area (TPSA) is 130 Å². The quantitative estimate of drug-likeness (QED) is 0.257. The predicted octanol–water partition coefficient (Wildman–Crippen LogP) is 7.33. The molecule has 2 aliphatic rings. The minimum atomic E-state index is -0.773. The van der Waals surface area contributed by atoms with E-state index in [0.717, 1.165) is 55.3 Å². The van der Waals surface area contributed by atoms with Crippen LogP contribution in [0.4, 0.5) is 5.82 Å². The van der Waals surface area contributed by atoms with Crippen LogP contribution >= 0.6 is 0 Å². The number of nitrogens with zero attached hydrogens (tertiary/aromatic N) is 4. The molecular weight excluding hydrogens is 556 g/mol. The number of ether oxygens (including phenoxy) is 1. The van der Waals surface area contributed by atoms with Gasteiger partial charge in [0.25, 0.3) is 0 Å². The van der Waals surface area contributed by atoms with E-state index in [1.54, 1.807) is 19.6 Å². The molecule has 44 heavy (non-hydrogen) atoms. The van der Waals surface area contributed by atoms with Gasteiger partial charge >= 0.3 is 5.97 Å². The predicted molar refractivity (Wildman–Crippen MR) is 166 cm³/mol. The Morgan fingerprint density at radius 2 is 1.80 bits per heavy atom. The maximum Gasteiger partial charge on any atom is 0.303 e. The highest BCUT2D eigenvalue weighted by atomic mass is 16.5. The number of hydrogen-bond donors (Lipinski definition) is 1. The van der Waals surface area contributed by atoms with Crippen LogP contribution in [0.1, 0.15) is 100 Å². The van der Waals surface area contributed by atoms with E-state index in [1.165, 1.54) is 0 Å². The number of nitriles is 1. The Labute approximate surface area is 259 Å². The Kier molecular flexibility index (Phi) is 9.99. The lowest BCUT2D eigenvalue weighted by Crippen LogP contribution is -2.42. The molecule has 2 fully saturated rings. The van der Waals surface area contributed by atoms with Crippen molar-refractivity contribution in [2.45, 2.75) is 83.5 Å². The first-order valence-corrected chi connectivity index (χ1v) is 15.8. The van der Waals surface area contributed by atoms with Gasteiger partial charge in [0.05, 0.1) is 12.7 Å². The second-order valence-corrected chi connectivity index (χ2v) is 12.7. The van der Waals surface area contributed by atoms with E-state index >= 15 is 0 Å². The molecule has 0 bridgehead atoms. The van der Waals surface area contributed by atoms with Crippen molar-refractivity contribution < 1.29 is 23.8 Å². The molecule has 1 N–H and O–H groups in total. The number of rotatable bonds is 10. The number of aliphatic carboxylic acids is 1. The molecule has 0 spiro atoms. The highest BCUT2D eigenvalue weighted by Crippen LogP contribution is 2.39. The molecule has 5 rings (SSSR count). The van der Waals surface area contributed by atoms with Crippen LogP contribution in [-0.4, -0.2) is 40.6 Å². The van der Waals surface area contributed by atoms with Gasteiger partial charge in [-0.05, 0) is 98.9 Å². The summed E-state index contributed by atoms with van der Waals surface area (Å²) < 4.78 is 11.0. The lowest BCUT2D eigenvalue weighted by atomic mass is 9.77. The molecule has 3 aromatic rings. The number of hydrogen-bond acceptors (Lipinski definition) is 7. The molecule has 0 saturated heterocycles. The first-order chi connectivity index (χ1) is 21.2. The summed E-state index contributed by atoms with van der Waals surface area (Å²) in [6.45, 7) is 4.65. The number of carboxylic acids is 1. The minimum absolute atomic E-state index is 0.0717. The van der Waals surface area contributed by atoms with Crippen molar-refractivity contribution >= 4 is 17.7 Å². The number of pyridine rings is 1. The molecule has 2 saturated carbocycles. The highest BCUT2D eigenvalue weighted by molar-refractivity contribution is 5.94. The van der Waals surface area contributed by atoms with Crippen LogP contribution in [0, 0.1) is 29.1 Å². The van der Waals surface area contributed by atoms with E-state index in [0.29, 0.717) is 54.2 Å². The summed E-state index contributed by atoms with van der Waals surface area (Å²) in [6, 6.07) is 12.0. The monoisotopic (exact) mass is 598 g/mol. The third-order valence-electron chi connectivity index (χ3n) is 9.36. The number of benzene rings is 1. The number of carboxylic acid groups (broad SMARTS) is 1. The summed E-state index contributed by atoms with van der Waals surface area (Å²) in [5, 5.41) is 18.8. The molecule has 0 aliphatic heterocycles. The van der Waals surface area contributed by atoms with Gasteiger partial charge in [0.2, 0.25) is 5.91 Å². The molecule has 0 unspecified atom stereocenters. The van der Waals surface area contributed by atoms with Crippen molar-refractivity contribution in [3.05, 3.63) is 59.8 Å². The second kappa shape index (κ2) is 14.1. The van der Waals surface area contributed by atoms with Gasteiger partial charge < -0.3 is 14.3 Å². The van der Waals surface area contributed by atoms with E-state index in [1.807, 2.05) is 43.0 Å². The summed E-state index contributed by atoms with van der Waals surface area (Å²) >= 11 is 0. The van der Waals surface area contributed by atoms with Gasteiger partial charge in [0.1, 0.15) is 29.6 Å². The van der Waals surface area contributed by atoms with E-state index in [9.17, 15) is 20.0 Å². The molecule has 9 nitrogen and oxygen atoms in total. The van der Waals surface area contributed by atoms with Crippen LogP contribution in [0.15, 0.2) is 47.2 Å². The van der Waals surface area contributed by atoms with Crippen molar-refractivity contribution in [2.24, 2.45) is 17.8 Å². The maximum atomic E-state index is 14.2. The number of methoxy groups -OCH3 is 1. The van der Waals surface area contributed by atoms with Gasteiger partial charge in [-0.15, -0.1) is 0 Å². The summed E-state index contributed by atoms with van der Waals surface area (Å²) in [5.74, 6) is 2.00. The average molecular weight is 599 g/mol. The van der Waals surface area contributed by atoms with Crippen LogP contribution in [0.5, 0.6) is 5.75 Å². The second-order valence-electron chi connectivity index (χ2n) is 12.7. The zero-order chi connectivity index (χ0) is 31.2. The molecule has 2 aromatic heterocycles. The Morgan fingerprint density at radius 3 is 2.43 bits per heavy atom. The molecule has 1 amide bonds. The fraction of sp³-hybridized carbons (Fsp3) is 0.514. The molecule has 0 atom stereocenters. The lowest BCUT2D eigenvalue weighted by molar-refractivity contribution is -0.138. The third-order valence-corrected chi connectivity index (χ3v) is 9.36. The van der Waals surface area contributed by atoms with E-state index in [2.05, 4.69) is 22.1 Å². The number of carbonyl (C=O) groups excluding carboxylic acids is 1. The SMILES string of the molecule is COc1ccc(C2CCC(CN(C(=O)C3CCC(CC(=O)O)CC3)c3cc(-c4coc(C(C)C)n4)ccn3)CC2)cc1C#N. The fourth-order valence-corrected chi connectivity index (χ4v) is 6.79. The van der Waals surface area contributed by atoms with Crippen LogP contribution in [0.25, 0.3) is 11.3 Å². The molecule has 1 aromatic carbocycles. The van der Waals surface area contributed by atoms with Gasteiger partial charge in [-0.2, -0.15) is 5.26 Å². The minimum Gasteiger partial charge on any atom is -0.495 e. The van der Waals surface area contributed by atoms with Crippen molar-refractivity contribution in [1.29, 1.82) is 5.26 Å². The molecule has 9 heteroatoms. The maximum absolute atomic E-state index is 14.2. The fourth-order valence-electron chi connectivity index (χ4n) is 6.79. The molecule has 2 aliphatic carbocycles. The van der Waals surface area contributed by atoms with Gasteiger partial charge in [-0.3, -0.25) is 14.5 Å². The Morgan fingerprint density at radius 1 is 1.07 bits per heavy atom. The van der Waals surface area contributed by atoms with Gasteiger partial charge in [0, 0.05) is 36.6 Å². The zero-order valence-corrected chi connectivity index (χ0v) is 25.9. The largest absolute Gasteiger partial charge is 0.495 e. The molecule has 2 heterocycles. The van der Waals surface area contributed by atoms with Crippen LogP contribution in [-0.2, 0) is 9.59 Å². The van der Waals surface area contributed by atoms with E-state index in [-0.39, 0.29) is 30.1 Å². The van der Waals surface area contributed by atoms with E-state index < -0.39 is 5.97 Å². The first-order valence-electron chi connectivity index (χ1n) is 15.8. The normalized spacial score (nSPS) is 21.9. The van der Waals surface area contributed by atoms with Gasteiger partial charge in [0.15, 0.2) is 5.89 Å². The van der Waals surface area contributed by atoms with Gasteiger partial charge in [-0.25, -0.2) is 9.97 Å². The summed E-state index contributed by atoms with van der Waals surface area (Å²) in [7, 11) is 1.58. The Balaban J connectivity index is 1.33. The van der Waals surface area contributed by atoms with Gasteiger partial charge in [-0.1, -0.05) is 19.9 Å². The molecule has 0 radical (unpaired) electrons. The number of aromatic nitrogens is 2. The molecule has 232 valence electrons. The lowest BCUT2D eigenvalue weighted by Gasteiger charge is -2.35. The van der Waals surface area contributed by atoms with Crippen molar-refractivity contribution in [3.63, 3.8) is 0 Å². The number of carbonyl (C=O) groups is 2. The number of anilines is 1. The number of oxazole rings is 1. The smallest absolute Gasteiger partial charge is 0.303 e. The Hall–Kier alpha value is -4.19. The summed E-state index contributed by atoms with van der Waals surface area (Å²) in [4.78, 5) is 36.6. The molecular formula is C35H42N4O5. The van der Waals surface area contributed by atoms with Crippen molar-refractivity contribution in [1.82, 2.24) is 9.97 Å². The zero-order valence-electron chi connectivity index (χ0n) is 25.9. The summed E-state index contributed by atoms with van der Waals surface area (Å²) in [6.07, 6.45) is 10.3. The highest BCUT2D eigenvalue weighted by Gasteiger charge is 2.34. The standard InChI is InChI=1S/C35H42N4O5/c1-22(2)34-38-30(21-44-34)28-14-15-37-32(18-28)39(35(42)26-10-4-23(5-11-26)16-33(40)41)20-24-6-8-25(9-7-24)27-12-13-31(43-3)29(17-27)19-36/h12-15,17-18,21-26H,4-11,16,20H2,1-3H3,(H,40,41). The van der Waals surface area contributed by atoms with Crippen molar-refractivity contribution in [2.75, 3.05) is 18.6 Å². The van der Waals surface area contributed by atoms with Crippen molar-refractivity contribution in [3.8, 4) is 23.1 Å². The van der Waals surface area contributed by atoms with Crippen LogP contribution < -0.4 is 9.64 Å². The third kappa shape index (κ3) is 7.29. The first kappa shape index (κ1) is 31.2. The van der Waals surface area contributed by atoms with Crippen LogP contribution in [0.2, 0.25) is 0 Å². The van der Waals surface area contributed by atoms with E-state index in [4.69, 9.17) is 9.15 Å².